The van der Waals surface area contributed by atoms with Crippen molar-refractivity contribution in [3.05, 3.63) is 28.8 Å². The second kappa shape index (κ2) is 6.89. The van der Waals surface area contributed by atoms with Gasteiger partial charge in [0.1, 0.15) is 4.90 Å². The van der Waals surface area contributed by atoms with E-state index in [-0.39, 0.29) is 4.90 Å². The zero-order valence-electron chi connectivity index (χ0n) is 11.7. The summed E-state index contributed by atoms with van der Waals surface area (Å²) in [6, 6.07) is 5.31. The Morgan fingerprint density at radius 3 is 2.85 bits per heavy atom. The van der Waals surface area contributed by atoms with Gasteiger partial charge in [-0.25, -0.2) is 8.42 Å². The second-order valence-corrected chi connectivity index (χ2v) is 7.34. The predicted octanol–water partition coefficient (Wildman–Crippen LogP) is 2.28. The van der Waals surface area contributed by atoms with E-state index in [2.05, 4.69) is 12.2 Å². The van der Waals surface area contributed by atoms with Gasteiger partial charge in [0.25, 0.3) is 0 Å². The third-order valence-corrected chi connectivity index (χ3v) is 5.83. The van der Waals surface area contributed by atoms with Crippen LogP contribution in [0.3, 0.4) is 0 Å². The minimum Gasteiger partial charge on any atom is -0.315 e. The summed E-state index contributed by atoms with van der Waals surface area (Å²) < 4.78 is 27.0. The van der Waals surface area contributed by atoms with Gasteiger partial charge in [0.2, 0.25) is 10.0 Å². The van der Waals surface area contributed by atoms with Crippen LogP contribution in [0.4, 0.5) is 0 Å². The molecular weight excluding hydrogens is 296 g/mol. The second-order valence-electron chi connectivity index (χ2n) is 5.02. The van der Waals surface area contributed by atoms with Gasteiger partial charge in [-0.1, -0.05) is 31.0 Å². The third-order valence-electron chi connectivity index (χ3n) is 3.45. The summed E-state index contributed by atoms with van der Waals surface area (Å²) in [5.74, 6) is 0. The van der Waals surface area contributed by atoms with Crippen LogP contribution in [0.15, 0.2) is 23.1 Å². The number of hydrogen-bond donors (Lipinski definition) is 1. The van der Waals surface area contributed by atoms with E-state index in [1.54, 1.807) is 12.1 Å². The highest BCUT2D eigenvalue weighted by Gasteiger charge is 2.27. The Labute approximate surface area is 126 Å². The van der Waals surface area contributed by atoms with Crippen LogP contribution in [0, 0.1) is 0 Å². The lowest BCUT2D eigenvalue weighted by molar-refractivity contribution is 0.432. The summed E-state index contributed by atoms with van der Waals surface area (Å²) in [6.07, 6.45) is 2.67. The van der Waals surface area contributed by atoms with E-state index in [0.29, 0.717) is 24.7 Å². The van der Waals surface area contributed by atoms with Crippen molar-refractivity contribution < 1.29 is 8.42 Å². The molecule has 1 aliphatic heterocycles. The summed E-state index contributed by atoms with van der Waals surface area (Å²) >= 11 is 6.12. The van der Waals surface area contributed by atoms with Crippen LogP contribution in [0.5, 0.6) is 0 Å². The number of hydrogen-bond acceptors (Lipinski definition) is 3. The quantitative estimate of drug-likeness (QED) is 0.927. The van der Waals surface area contributed by atoms with Crippen molar-refractivity contribution in [3.8, 4) is 0 Å². The molecule has 0 aliphatic carbocycles. The van der Waals surface area contributed by atoms with Crippen LogP contribution in [0.25, 0.3) is 0 Å². The molecule has 0 bridgehead atoms. The fourth-order valence-corrected chi connectivity index (χ4v) is 4.39. The lowest BCUT2D eigenvalue weighted by atomic mass is 10.1. The Morgan fingerprint density at radius 1 is 1.30 bits per heavy atom. The SMILES string of the molecule is CCCc1ccc(Cl)c(S(=O)(=O)N2CCCNCC2)c1. The molecule has 0 saturated carbocycles. The fourth-order valence-electron chi connectivity index (χ4n) is 2.39. The molecule has 6 heteroatoms. The number of halogens is 1. The standard InChI is InChI=1S/C14H21ClN2O2S/c1-2-4-12-5-6-13(15)14(11-12)20(18,19)17-9-3-7-16-8-10-17/h5-6,11,16H,2-4,7-10H2,1H3. The first-order valence-corrected chi connectivity index (χ1v) is 8.87. The van der Waals surface area contributed by atoms with Crippen LogP contribution in [0.2, 0.25) is 5.02 Å². The third kappa shape index (κ3) is 3.52. The molecule has 0 unspecified atom stereocenters. The monoisotopic (exact) mass is 316 g/mol. The average Bonchev–Trinajstić information content (AvgIpc) is 2.70. The lowest BCUT2D eigenvalue weighted by Gasteiger charge is -2.20. The first-order valence-electron chi connectivity index (χ1n) is 7.05. The fraction of sp³-hybridized carbons (Fsp3) is 0.571. The smallest absolute Gasteiger partial charge is 0.244 e. The maximum absolute atomic E-state index is 12.7. The number of aryl methyl sites for hydroxylation is 1. The summed E-state index contributed by atoms with van der Waals surface area (Å²) in [5.41, 5.74) is 1.02. The zero-order chi connectivity index (χ0) is 14.6. The maximum Gasteiger partial charge on any atom is 0.244 e. The Hall–Kier alpha value is -0.620. The van der Waals surface area contributed by atoms with Crippen molar-refractivity contribution in [3.63, 3.8) is 0 Å². The van der Waals surface area contributed by atoms with Gasteiger partial charge >= 0.3 is 0 Å². The van der Waals surface area contributed by atoms with E-state index in [9.17, 15) is 8.42 Å². The number of benzene rings is 1. The van der Waals surface area contributed by atoms with Crippen LogP contribution < -0.4 is 5.32 Å². The molecule has 0 radical (unpaired) electrons. The van der Waals surface area contributed by atoms with E-state index in [1.807, 2.05) is 6.07 Å². The molecule has 0 amide bonds. The van der Waals surface area contributed by atoms with Crippen LogP contribution >= 0.6 is 11.6 Å². The first kappa shape index (κ1) is 15.8. The van der Waals surface area contributed by atoms with Crippen molar-refractivity contribution in [2.75, 3.05) is 26.2 Å². The normalized spacial score (nSPS) is 17.9. The highest BCUT2D eigenvalue weighted by molar-refractivity contribution is 7.89. The molecule has 1 heterocycles. The average molecular weight is 317 g/mol. The van der Waals surface area contributed by atoms with E-state index in [4.69, 9.17) is 11.6 Å². The van der Waals surface area contributed by atoms with Crippen LogP contribution in [0.1, 0.15) is 25.3 Å². The number of nitrogens with one attached hydrogen (secondary N) is 1. The highest BCUT2D eigenvalue weighted by Crippen LogP contribution is 2.26. The van der Waals surface area contributed by atoms with E-state index < -0.39 is 10.0 Å². The van der Waals surface area contributed by atoms with Crippen molar-refractivity contribution in [2.24, 2.45) is 0 Å². The number of rotatable bonds is 4. The van der Waals surface area contributed by atoms with Crippen molar-refractivity contribution in [1.29, 1.82) is 0 Å². The Kier molecular flexibility index (Phi) is 5.43. The number of sulfonamides is 1. The molecule has 1 aromatic carbocycles. The van der Waals surface area contributed by atoms with Crippen molar-refractivity contribution in [2.45, 2.75) is 31.1 Å². The van der Waals surface area contributed by atoms with Crippen LogP contribution in [-0.4, -0.2) is 38.9 Å². The van der Waals surface area contributed by atoms with E-state index >= 15 is 0 Å². The largest absolute Gasteiger partial charge is 0.315 e. The van der Waals surface area contributed by atoms with Crippen LogP contribution in [-0.2, 0) is 16.4 Å². The lowest BCUT2D eigenvalue weighted by Crippen LogP contribution is -2.34. The number of nitrogens with zero attached hydrogens (tertiary/aromatic N) is 1. The zero-order valence-corrected chi connectivity index (χ0v) is 13.3. The molecule has 1 aliphatic rings. The molecule has 0 aromatic heterocycles. The topological polar surface area (TPSA) is 49.4 Å². The highest BCUT2D eigenvalue weighted by atomic mass is 35.5. The first-order chi connectivity index (χ1) is 9.55. The molecular formula is C14H21ClN2O2S. The van der Waals surface area contributed by atoms with Crippen molar-refractivity contribution >= 4 is 21.6 Å². The summed E-state index contributed by atoms with van der Waals surface area (Å²) in [4.78, 5) is 0.243. The van der Waals surface area contributed by atoms with Gasteiger partial charge in [0, 0.05) is 19.6 Å². The summed E-state index contributed by atoms with van der Waals surface area (Å²) in [5, 5.41) is 3.52. The molecule has 4 nitrogen and oxygen atoms in total. The minimum absolute atomic E-state index is 0.243. The molecule has 112 valence electrons. The molecule has 20 heavy (non-hydrogen) atoms. The molecule has 0 atom stereocenters. The van der Waals surface area contributed by atoms with Gasteiger partial charge in [-0.2, -0.15) is 4.31 Å². The molecule has 0 spiro atoms. The van der Waals surface area contributed by atoms with Gasteiger partial charge in [0.15, 0.2) is 0 Å². The van der Waals surface area contributed by atoms with Gasteiger partial charge < -0.3 is 5.32 Å². The Bertz CT molecular complexity index is 552. The van der Waals surface area contributed by atoms with E-state index in [0.717, 1.165) is 31.4 Å². The van der Waals surface area contributed by atoms with Gasteiger partial charge in [-0.3, -0.25) is 0 Å². The summed E-state index contributed by atoms with van der Waals surface area (Å²) in [7, 11) is -3.50. The van der Waals surface area contributed by atoms with Gasteiger partial charge in [-0.15, -0.1) is 0 Å². The Balaban J connectivity index is 2.34. The van der Waals surface area contributed by atoms with Gasteiger partial charge in [-0.05, 0) is 37.1 Å². The molecule has 2 rings (SSSR count). The Morgan fingerprint density at radius 2 is 2.10 bits per heavy atom. The molecule has 1 saturated heterocycles. The van der Waals surface area contributed by atoms with E-state index in [1.165, 1.54) is 4.31 Å². The maximum atomic E-state index is 12.7. The molecule has 1 N–H and O–H groups in total. The van der Waals surface area contributed by atoms with Gasteiger partial charge in [0.05, 0.1) is 5.02 Å². The minimum atomic E-state index is -3.50. The molecule has 1 fully saturated rings. The predicted molar refractivity (Wildman–Crippen MR) is 81.7 cm³/mol. The summed E-state index contributed by atoms with van der Waals surface area (Å²) in [6.45, 7) is 4.66. The van der Waals surface area contributed by atoms with Crippen molar-refractivity contribution in [1.82, 2.24) is 9.62 Å². The molecule has 1 aromatic rings.